The molecule has 3 nitrogen and oxygen atoms in total. The van der Waals surface area contributed by atoms with Gasteiger partial charge >= 0.3 is 0 Å². The molecule has 0 unspecified atom stereocenters. The molecular formula is C16H17N3. The lowest BCUT2D eigenvalue weighted by Gasteiger charge is -2.09. The molecule has 0 atom stereocenters. The fourth-order valence-corrected chi connectivity index (χ4v) is 2.34. The van der Waals surface area contributed by atoms with Gasteiger partial charge in [-0.15, -0.1) is 0 Å². The van der Waals surface area contributed by atoms with Gasteiger partial charge in [-0.25, -0.2) is 4.98 Å². The van der Waals surface area contributed by atoms with Crippen LogP contribution < -0.4 is 0 Å². The molecule has 3 heteroatoms. The summed E-state index contributed by atoms with van der Waals surface area (Å²) in [4.78, 5) is 9.15. The molecule has 96 valence electrons. The molecule has 0 N–H and O–H groups in total. The van der Waals surface area contributed by atoms with Gasteiger partial charge in [0.25, 0.3) is 0 Å². The van der Waals surface area contributed by atoms with Crippen molar-refractivity contribution in [1.29, 1.82) is 0 Å². The van der Waals surface area contributed by atoms with Crippen molar-refractivity contribution in [1.82, 2.24) is 14.5 Å². The van der Waals surface area contributed by atoms with E-state index < -0.39 is 0 Å². The molecule has 3 aromatic heterocycles. The average molecular weight is 251 g/mol. The number of aromatic nitrogens is 3. The van der Waals surface area contributed by atoms with Crippen LogP contribution in [0.3, 0.4) is 0 Å². The molecule has 3 heterocycles. The molecule has 0 bridgehead atoms. The summed E-state index contributed by atoms with van der Waals surface area (Å²) in [5, 5.41) is 1.22. The fraction of sp³-hybridized carbons (Fsp3) is 0.250. The van der Waals surface area contributed by atoms with Gasteiger partial charge in [0.15, 0.2) is 0 Å². The quantitative estimate of drug-likeness (QED) is 0.689. The molecule has 19 heavy (non-hydrogen) atoms. The standard InChI is InChI=1S/C16H17N3/c1-11(2)19-10-12(3)13-7-8-15(18-16(13)19)14-6-4-5-9-17-14/h4-11H,1-3H3. The zero-order chi connectivity index (χ0) is 13.4. The Labute approximate surface area is 112 Å². The third-order valence-electron chi connectivity index (χ3n) is 3.36. The number of rotatable bonds is 2. The Morgan fingerprint density at radius 3 is 2.58 bits per heavy atom. The summed E-state index contributed by atoms with van der Waals surface area (Å²) in [6.45, 7) is 6.48. The summed E-state index contributed by atoms with van der Waals surface area (Å²) in [5.41, 5.74) is 4.14. The van der Waals surface area contributed by atoms with E-state index in [2.05, 4.69) is 42.6 Å². The average Bonchev–Trinajstić information content (AvgIpc) is 2.77. The van der Waals surface area contributed by atoms with Crippen LogP contribution in [0, 0.1) is 6.92 Å². The maximum absolute atomic E-state index is 4.79. The van der Waals surface area contributed by atoms with Gasteiger partial charge in [-0.1, -0.05) is 6.07 Å². The molecule has 0 saturated heterocycles. The summed E-state index contributed by atoms with van der Waals surface area (Å²) in [6.07, 6.45) is 3.97. The highest BCUT2D eigenvalue weighted by Gasteiger charge is 2.11. The second-order valence-electron chi connectivity index (χ2n) is 5.10. The first-order chi connectivity index (χ1) is 9.16. The van der Waals surface area contributed by atoms with E-state index in [1.54, 1.807) is 6.20 Å². The summed E-state index contributed by atoms with van der Waals surface area (Å²) in [5.74, 6) is 0. The third-order valence-corrected chi connectivity index (χ3v) is 3.36. The summed E-state index contributed by atoms with van der Waals surface area (Å²) < 4.78 is 2.22. The molecule has 0 radical (unpaired) electrons. The molecule has 0 aliphatic heterocycles. The minimum Gasteiger partial charge on any atom is -0.330 e. The Hall–Kier alpha value is -2.16. The Morgan fingerprint density at radius 1 is 1.05 bits per heavy atom. The van der Waals surface area contributed by atoms with Gasteiger partial charge in [0.05, 0.1) is 11.4 Å². The van der Waals surface area contributed by atoms with Crippen molar-refractivity contribution in [2.24, 2.45) is 0 Å². The summed E-state index contributed by atoms with van der Waals surface area (Å²) >= 11 is 0. The van der Waals surface area contributed by atoms with Crippen molar-refractivity contribution < 1.29 is 0 Å². The van der Waals surface area contributed by atoms with Crippen molar-refractivity contribution in [3.63, 3.8) is 0 Å². The SMILES string of the molecule is Cc1cn(C(C)C)c2nc(-c3ccccn3)ccc12. The molecule has 3 aromatic rings. The Balaban J connectivity index is 2.23. The van der Waals surface area contributed by atoms with E-state index >= 15 is 0 Å². The van der Waals surface area contributed by atoms with Crippen LogP contribution >= 0.6 is 0 Å². The number of aryl methyl sites for hydroxylation is 1. The molecule has 0 saturated carbocycles. The first kappa shape index (κ1) is 11.9. The smallest absolute Gasteiger partial charge is 0.141 e. The lowest BCUT2D eigenvalue weighted by Crippen LogP contribution is -2.00. The van der Waals surface area contributed by atoms with Crippen LogP contribution in [0.1, 0.15) is 25.5 Å². The van der Waals surface area contributed by atoms with Crippen LogP contribution in [0.2, 0.25) is 0 Å². The molecule has 0 aliphatic carbocycles. The van der Waals surface area contributed by atoms with E-state index in [9.17, 15) is 0 Å². The maximum atomic E-state index is 4.79. The number of nitrogens with zero attached hydrogens (tertiary/aromatic N) is 3. The van der Waals surface area contributed by atoms with Crippen molar-refractivity contribution in [2.75, 3.05) is 0 Å². The molecule has 3 rings (SSSR count). The van der Waals surface area contributed by atoms with Crippen molar-refractivity contribution >= 4 is 11.0 Å². The van der Waals surface area contributed by atoms with E-state index in [4.69, 9.17) is 4.98 Å². The lowest BCUT2D eigenvalue weighted by molar-refractivity contribution is 0.617. The predicted molar refractivity (Wildman–Crippen MR) is 78.1 cm³/mol. The number of fused-ring (bicyclic) bond motifs is 1. The topological polar surface area (TPSA) is 30.7 Å². The summed E-state index contributed by atoms with van der Waals surface area (Å²) in [7, 11) is 0. The van der Waals surface area contributed by atoms with Gasteiger partial charge in [0.2, 0.25) is 0 Å². The molecular weight excluding hydrogens is 234 g/mol. The minimum atomic E-state index is 0.405. The van der Waals surface area contributed by atoms with Gasteiger partial charge in [-0.05, 0) is 50.6 Å². The van der Waals surface area contributed by atoms with Crippen LogP contribution in [0.5, 0.6) is 0 Å². The van der Waals surface area contributed by atoms with Crippen LogP contribution in [-0.2, 0) is 0 Å². The van der Waals surface area contributed by atoms with E-state index in [-0.39, 0.29) is 0 Å². The number of hydrogen-bond acceptors (Lipinski definition) is 2. The van der Waals surface area contributed by atoms with Crippen LogP contribution in [0.15, 0.2) is 42.7 Å². The zero-order valence-corrected chi connectivity index (χ0v) is 11.5. The molecule has 0 spiro atoms. The van der Waals surface area contributed by atoms with Gasteiger partial charge in [0.1, 0.15) is 5.65 Å². The van der Waals surface area contributed by atoms with Crippen LogP contribution in [0.4, 0.5) is 0 Å². The predicted octanol–water partition coefficient (Wildman–Crippen LogP) is 3.99. The second kappa shape index (κ2) is 4.50. The monoisotopic (exact) mass is 251 g/mol. The summed E-state index contributed by atoms with van der Waals surface area (Å²) in [6, 6.07) is 10.5. The van der Waals surface area contributed by atoms with E-state index in [1.807, 2.05) is 24.3 Å². The third kappa shape index (κ3) is 2.01. The van der Waals surface area contributed by atoms with E-state index in [0.717, 1.165) is 17.0 Å². The Kier molecular flexibility index (Phi) is 2.82. The first-order valence-corrected chi connectivity index (χ1v) is 6.56. The van der Waals surface area contributed by atoms with Crippen LogP contribution in [-0.4, -0.2) is 14.5 Å². The van der Waals surface area contributed by atoms with Crippen molar-refractivity contribution in [3.05, 3.63) is 48.3 Å². The van der Waals surface area contributed by atoms with E-state index in [1.165, 1.54) is 10.9 Å². The van der Waals surface area contributed by atoms with Gasteiger partial charge in [-0.2, -0.15) is 0 Å². The normalized spacial score (nSPS) is 11.4. The lowest BCUT2D eigenvalue weighted by atomic mass is 10.2. The maximum Gasteiger partial charge on any atom is 0.141 e. The highest BCUT2D eigenvalue weighted by atomic mass is 15.1. The molecule has 0 amide bonds. The second-order valence-corrected chi connectivity index (χ2v) is 5.10. The van der Waals surface area contributed by atoms with Gasteiger partial charge in [-0.3, -0.25) is 4.98 Å². The minimum absolute atomic E-state index is 0.405. The largest absolute Gasteiger partial charge is 0.330 e. The Morgan fingerprint density at radius 2 is 1.89 bits per heavy atom. The van der Waals surface area contributed by atoms with Gasteiger partial charge < -0.3 is 4.57 Å². The number of hydrogen-bond donors (Lipinski definition) is 0. The number of pyridine rings is 2. The van der Waals surface area contributed by atoms with E-state index in [0.29, 0.717) is 6.04 Å². The van der Waals surface area contributed by atoms with Gasteiger partial charge in [0, 0.05) is 23.8 Å². The molecule has 0 aliphatic rings. The van der Waals surface area contributed by atoms with Crippen molar-refractivity contribution in [3.8, 4) is 11.4 Å². The highest BCUT2D eigenvalue weighted by molar-refractivity contribution is 5.82. The first-order valence-electron chi connectivity index (χ1n) is 6.56. The molecule has 0 fully saturated rings. The molecule has 0 aromatic carbocycles. The Bertz CT molecular complexity index is 711. The fourth-order valence-electron chi connectivity index (χ4n) is 2.34. The van der Waals surface area contributed by atoms with Crippen molar-refractivity contribution in [2.45, 2.75) is 26.8 Å². The van der Waals surface area contributed by atoms with Crippen LogP contribution in [0.25, 0.3) is 22.4 Å². The zero-order valence-electron chi connectivity index (χ0n) is 11.5. The highest BCUT2D eigenvalue weighted by Crippen LogP contribution is 2.25.